The van der Waals surface area contributed by atoms with Gasteiger partial charge >= 0.3 is 0 Å². The Bertz CT molecular complexity index is 823. The zero-order valence-corrected chi connectivity index (χ0v) is 13.6. The molecule has 2 aromatic heterocycles. The van der Waals surface area contributed by atoms with Crippen molar-refractivity contribution in [2.75, 3.05) is 5.32 Å². The molecule has 0 unspecified atom stereocenters. The van der Waals surface area contributed by atoms with Gasteiger partial charge < -0.3 is 9.73 Å². The Morgan fingerprint density at radius 2 is 1.79 bits per heavy atom. The van der Waals surface area contributed by atoms with Gasteiger partial charge in [0, 0.05) is 24.6 Å². The monoisotopic (exact) mass is 322 g/mol. The molecule has 0 aliphatic rings. The molecule has 1 aromatic carbocycles. The van der Waals surface area contributed by atoms with Crippen molar-refractivity contribution in [1.29, 1.82) is 0 Å². The fourth-order valence-corrected chi connectivity index (χ4v) is 2.13. The summed E-state index contributed by atoms with van der Waals surface area (Å²) < 4.78 is 5.61. The van der Waals surface area contributed by atoms with Crippen molar-refractivity contribution < 1.29 is 9.21 Å². The molecule has 0 fully saturated rings. The average molecular weight is 322 g/mol. The maximum atomic E-state index is 11.9. The second kappa shape index (κ2) is 7.04. The lowest BCUT2D eigenvalue weighted by molar-refractivity contribution is -0.116. The Labute approximate surface area is 140 Å². The molecule has 0 aliphatic carbocycles. The molecule has 0 radical (unpaired) electrons. The van der Waals surface area contributed by atoms with Gasteiger partial charge in [0.15, 0.2) is 0 Å². The summed E-state index contributed by atoms with van der Waals surface area (Å²) in [6, 6.07) is 11.5. The van der Waals surface area contributed by atoms with E-state index in [0.29, 0.717) is 24.0 Å². The van der Waals surface area contributed by atoms with Gasteiger partial charge in [-0.15, -0.1) is 10.2 Å². The number of benzene rings is 1. The van der Waals surface area contributed by atoms with Crippen LogP contribution in [-0.4, -0.2) is 21.1 Å². The van der Waals surface area contributed by atoms with E-state index in [1.807, 2.05) is 44.2 Å². The molecule has 6 nitrogen and oxygen atoms in total. The molecule has 24 heavy (non-hydrogen) atoms. The predicted molar refractivity (Wildman–Crippen MR) is 90.4 cm³/mol. The van der Waals surface area contributed by atoms with Crippen LogP contribution in [0.2, 0.25) is 0 Å². The predicted octanol–water partition coefficient (Wildman–Crippen LogP) is 3.32. The summed E-state index contributed by atoms with van der Waals surface area (Å²) in [6.07, 6.45) is 2.35. The van der Waals surface area contributed by atoms with Crippen molar-refractivity contribution in [3.05, 3.63) is 59.6 Å². The van der Waals surface area contributed by atoms with Crippen molar-refractivity contribution in [3.8, 4) is 11.5 Å². The van der Waals surface area contributed by atoms with Gasteiger partial charge in [-0.3, -0.25) is 4.79 Å². The molecule has 1 N–H and O–H groups in total. The fourth-order valence-electron chi connectivity index (χ4n) is 2.13. The lowest BCUT2D eigenvalue weighted by Gasteiger charge is -2.03. The van der Waals surface area contributed by atoms with Gasteiger partial charge in [-0.1, -0.05) is 23.8 Å². The number of aryl methyl sites for hydroxylation is 3. The van der Waals surface area contributed by atoms with Crippen molar-refractivity contribution in [2.24, 2.45) is 0 Å². The summed E-state index contributed by atoms with van der Waals surface area (Å²) in [5, 5.41) is 10.8. The van der Waals surface area contributed by atoms with Gasteiger partial charge in [0.1, 0.15) is 5.82 Å². The van der Waals surface area contributed by atoms with Crippen LogP contribution in [0.15, 0.2) is 47.0 Å². The third-order valence-corrected chi connectivity index (χ3v) is 3.51. The van der Waals surface area contributed by atoms with E-state index in [2.05, 4.69) is 20.5 Å². The van der Waals surface area contributed by atoms with E-state index in [0.717, 1.165) is 11.1 Å². The molecule has 6 heteroatoms. The van der Waals surface area contributed by atoms with E-state index in [4.69, 9.17) is 4.42 Å². The van der Waals surface area contributed by atoms with E-state index >= 15 is 0 Å². The molecule has 3 rings (SSSR count). The molecule has 2 heterocycles. The summed E-state index contributed by atoms with van der Waals surface area (Å²) >= 11 is 0. The Morgan fingerprint density at radius 3 is 2.50 bits per heavy atom. The maximum absolute atomic E-state index is 11.9. The molecule has 1 amide bonds. The average Bonchev–Trinajstić information content (AvgIpc) is 3.05. The first kappa shape index (κ1) is 15.9. The van der Waals surface area contributed by atoms with E-state index in [9.17, 15) is 4.79 Å². The summed E-state index contributed by atoms with van der Waals surface area (Å²) in [5.41, 5.74) is 3.08. The molecule has 0 saturated carbocycles. The molecule has 0 aliphatic heterocycles. The number of aromatic nitrogens is 3. The highest BCUT2D eigenvalue weighted by Crippen LogP contribution is 2.18. The first-order chi connectivity index (χ1) is 11.6. The Morgan fingerprint density at radius 1 is 1.04 bits per heavy atom. The van der Waals surface area contributed by atoms with Gasteiger partial charge in [-0.05, 0) is 37.6 Å². The van der Waals surface area contributed by atoms with Crippen LogP contribution < -0.4 is 5.32 Å². The minimum Gasteiger partial charge on any atom is -0.421 e. The summed E-state index contributed by atoms with van der Waals surface area (Å²) in [4.78, 5) is 16.1. The summed E-state index contributed by atoms with van der Waals surface area (Å²) in [6.45, 7) is 3.96. The van der Waals surface area contributed by atoms with Gasteiger partial charge in [0.05, 0.1) is 0 Å². The Kier molecular flexibility index (Phi) is 4.65. The van der Waals surface area contributed by atoms with Crippen LogP contribution in [0.5, 0.6) is 0 Å². The molecule has 3 aromatic rings. The molecular formula is C18H18N4O2. The lowest BCUT2D eigenvalue weighted by atomic mass is 10.1. The Hall–Kier alpha value is -3.02. The number of hydrogen-bond donors (Lipinski definition) is 1. The van der Waals surface area contributed by atoms with E-state index in [1.165, 1.54) is 5.56 Å². The third-order valence-electron chi connectivity index (χ3n) is 3.51. The number of pyridine rings is 1. The topological polar surface area (TPSA) is 80.9 Å². The van der Waals surface area contributed by atoms with E-state index < -0.39 is 0 Å². The molecule has 0 bridgehead atoms. The third kappa shape index (κ3) is 4.04. The SMILES string of the molecule is Cc1ccc(-c2nnc(CCC(=O)Nc3ccc(C)cn3)o2)cc1. The van der Waals surface area contributed by atoms with Gasteiger partial charge in [0.2, 0.25) is 17.7 Å². The summed E-state index contributed by atoms with van der Waals surface area (Å²) in [5.74, 6) is 1.31. The number of carbonyl (C=O) groups excluding carboxylic acids is 1. The number of hydrogen-bond acceptors (Lipinski definition) is 5. The minimum absolute atomic E-state index is 0.138. The van der Waals surface area contributed by atoms with Crippen molar-refractivity contribution in [3.63, 3.8) is 0 Å². The van der Waals surface area contributed by atoms with Crippen LogP contribution >= 0.6 is 0 Å². The molecule has 122 valence electrons. The zero-order chi connectivity index (χ0) is 16.9. The zero-order valence-electron chi connectivity index (χ0n) is 13.6. The van der Waals surface area contributed by atoms with Crippen LogP contribution in [0.25, 0.3) is 11.5 Å². The van der Waals surface area contributed by atoms with Crippen LogP contribution in [0.3, 0.4) is 0 Å². The fraction of sp³-hybridized carbons (Fsp3) is 0.222. The number of amides is 1. The normalized spacial score (nSPS) is 10.6. The highest BCUT2D eigenvalue weighted by molar-refractivity contribution is 5.89. The van der Waals surface area contributed by atoms with Crippen LogP contribution in [0.1, 0.15) is 23.4 Å². The second-order valence-electron chi connectivity index (χ2n) is 5.64. The van der Waals surface area contributed by atoms with Crippen LogP contribution in [-0.2, 0) is 11.2 Å². The van der Waals surface area contributed by atoms with Crippen LogP contribution in [0, 0.1) is 13.8 Å². The molecule has 0 atom stereocenters. The number of nitrogens with zero attached hydrogens (tertiary/aromatic N) is 3. The van der Waals surface area contributed by atoms with Gasteiger partial charge in [-0.25, -0.2) is 4.98 Å². The molecule has 0 saturated heterocycles. The van der Waals surface area contributed by atoms with Crippen molar-refractivity contribution >= 4 is 11.7 Å². The van der Waals surface area contributed by atoms with Crippen LogP contribution in [0.4, 0.5) is 5.82 Å². The smallest absolute Gasteiger partial charge is 0.247 e. The lowest BCUT2D eigenvalue weighted by Crippen LogP contribution is -2.13. The minimum atomic E-state index is -0.138. The Balaban J connectivity index is 1.56. The highest BCUT2D eigenvalue weighted by atomic mass is 16.4. The molecular weight excluding hydrogens is 304 g/mol. The number of anilines is 1. The van der Waals surface area contributed by atoms with Gasteiger partial charge in [-0.2, -0.15) is 0 Å². The van der Waals surface area contributed by atoms with Crippen molar-refractivity contribution in [2.45, 2.75) is 26.7 Å². The van der Waals surface area contributed by atoms with E-state index in [-0.39, 0.29) is 12.3 Å². The second-order valence-corrected chi connectivity index (χ2v) is 5.64. The first-order valence-corrected chi connectivity index (χ1v) is 7.72. The molecule has 0 spiro atoms. The van der Waals surface area contributed by atoms with Gasteiger partial charge in [0.25, 0.3) is 0 Å². The summed E-state index contributed by atoms with van der Waals surface area (Å²) in [7, 11) is 0. The first-order valence-electron chi connectivity index (χ1n) is 7.72. The largest absolute Gasteiger partial charge is 0.421 e. The standard InChI is InChI=1S/C18H18N4O2/c1-12-3-6-14(7-4-12)18-22-21-17(24-18)10-9-16(23)20-15-8-5-13(2)11-19-15/h3-8,11H,9-10H2,1-2H3,(H,19,20,23). The number of nitrogens with one attached hydrogen (secondary N) is 1. The number of carbonyl (C=O) groups is 1. The van der Waals surface area contributed by atoms with Crippen molar-refractivity contribution in [1.82, 2.24) is 15.2 Å². The highest BCUT2D eigenvalue weighted by Gasteiger charge is 2.11. The van der Waals surface area contributed by atoms with E-state index in [1.54, 1.807) is 12.3 Å². The maximum Gasteiger partial charge on any atom is 0.247 e. The number of rotatable bonds is 5. The quantitative estimate of drug-likeness (QED) is 0.779.